The summed E-state index contributed by atoms with van der Waals surface area (Å²) in [5.41, 5.74) is 0. The predicted octanol–water partition coefficient (Wildman–Crippen LogP) is 1.61. The van der Waals surface area contributed by atoms with E-state index < -0.39 is 0 Å². The highest BCUT2D eigenvalue weighted by Gasteiger charge is 2.23. The van der Waals surface area contributed by atoms with E-state index in [4.69, 9.17) is 0 Å². The van der Waals surface area contributed by atoms with E-state index in [2.05, 4.69) is 29.4 Å². The zero-order valence-corrected chi connectivity index (χ0v) is 12.9. The maximum Gasteiger partial charge on any atom is 0.219 e. The van der Waals surface area contributed by atoms with Crippen molar-refractivity contribution in [3.63, 3.8) is 0 Å². The molecule has 4 heteroatoms. The summed E-state index contributed by atoms with van der Waals surface area (Å²) in [6.45, 7) is 9.09. The highest BCUT2D eigenvalue weighted by atomic mass is 16.1. The van der Waals surface area contributed by atoms with Gasteiger partial charge in [-0.3, -0.25) is 4.79 Å². The molecule has 1 rings (SSSR count). The molecule has 2 atom stereocenters. The molecule has 112 valence electrons. The number of nitrogens with one attached hydrogen (secondary N) is 2. The second kappa shape index (κ2) is 9.32. The van der Waals surface area contributed by atoms with E-state index in [9.17, 15) is 4.79 Å². The summed E-state index contributed by atoms with van der Waals surface area (Å²) >= 11 is 0. The summed E-state index contributed by atoms with van der Waals surface area (Å²) in [6.07, 6.45) is 5.46. The van der Waals surface area contributed by atoms with E-state index >= 15 is 0 Å². The lowest BCUT2D eigenvalue weighted by Gasteiger charge is -2.36. The summed E-state index contributed by atoms with van der Waals surface area (Å²) in [7, 11) is 1.71. The van der Waals surface area contributed by atoms with E-state index in [1.54, 1.807) is 7.05 Å². The third-order valence-corrected chi connectivity index (χ3v) is 4.12. The van der Waals surface area contributed by atoms with Crippen molar-refractivity contribution in [1.29, 1.82) is 0 Å². The molecule has 0 aromatic heterocycles. The molecule has 0 aliphatic carbocycles. The van der Waals surface area contributed by atoms with Crippen molar-refractivity contribution in [3.05, 3.63) is 0 Å². The molecule has 0 bridgehead atoms. The van der Waals surface area contributed by atoms with E-state index in [1.165, 1.54) is 32.4 Å². The van der Waals surface area contributed by atoms with Crippen molar-refractivity contribution < 1.29 is 4.79 Å². The number of carbonyl (C=O) groups is 1. The summed E-state index contributed by atoms with van der Waals surface area (Å²) in [5.74, 6) is 0.923. The van der Waals surface area contributed by atoms with Crippen LogP contribution in [0.25, 0.3) is 0 Å². The van der Waals surface area contributed by atoms with Gasteiger partial charge in [-0.1, -0.05) is 6.92 Å². The van der Waals surface area contributed by atoms with Crippen molar-refractivity contribution >= 4 is 5.91 Å². The van der Waals surface area contributed by atoms with Gasteiger partial charge in [0.15, 0.2) is 0 Å². The lowest BCUT2D eigenvalue weighted by Crippen LogP contribution is -2.45. The molecule has 1 fully saturated rings. The van der Waals surface area contributed by atoms with Crippen LogP contribution in [0.2, 0.25) is 0 Å². The Bertz CT molecular complexity index is 258. The van der Waals surface area contributed by atoms with Gasteiger partial charge in [-0.05, 0) is 58.2 Å². The minimum atomic E-state index is 0.159. The molecule has 19 heavy (non-hydrogen) atoms. The molecule has 1 aliphatic heterocycles. The zero-order chi connectivity index (χ0) is 14.1. The quantitative estimate of drug-likeness (QED) is 0.704. The molecular weight excluding hydrogens is 238 g/mol. The summed E-state index contributed by atoms with van der Waals surface area (Å²) in [4.78, 5) is 13.7. The Kier molecular flexibility index (Phi) is 8.07. The van der Waals surface area contributed by atoms with E-state index in [0.717, 1.165) is 25.4 Å². The van der Waals surface area contributed by atoms with Gasteiger partial charge in [0, 0.05) is 26.1 Å². The van der Waals surface area contributed by atoms with Crippen molar-refractivity contribution in [2.24, 2.45) is 5.92 Å². The number of nitrogens with zero attached hydrogens (tertiary/aromatic N) is 1. The van der Waals surface area contributed by atoms with Gasteiger partial charge in [-0.2, -0.15) is 0 Å². The Balaban J connectivity index is 2.23. The van der Waals surface area contributed by atoms with Gasteiger partial charge in [0.05, 0.1) is 0 Å². The van der Waals surface area contributed by atoms with Crippen LogP contribution >= 0.6 is 0 Å². The van der Waals surface area contributed by atoms with Crippen LogP contribution in [0.1, 0.15) is 46.0 Å². The number of piperidine rings is 1. The Labute approximate surface area is 118 Å². The van der Waals surface area contributed by atoms with Gasteiger partial charge < -0.3 is 15.5 Å². The Morgan fingerprint density at radius 2 is 2.26 bits per heavy atom. The second-order valence-corrected chi connectivity index (χ2v) is 5.72. The van der Waals surface area contributed by atoms with Crippen molar-refractivity contribution in [1.82, 2.24) is 15.5 Å². The molecule has 0 radical (unpaired) electrons. The van der Waals surface area contributed by atoms with Gasteiger partial charge in [0.25, 0.3) is 0 Å². The largest absolute Gasteiger partial charge is 0.359 e. The molecule has 1 saturated heterocycles. The average molecular weight is 269 g/mol. The molecule has 0 aromatic rings. The number of hydrogen-bond acceptors (Lipinski definition) is 3. The predicted molar refractivity (Wildman–Crippen MR) is 80.2 cm³/mol. The van der Waals surface area contributed by atoms with Crippen LogP contribution in [0, 0.1) is 5.92 Å². The lowest BCUT2D eigenvalue weighted by atomic mass is 9.91. The molecule has 1 amide bonds. The number of hydrogen-bond donors (Lipinski definition) is 2. The molecule has 4 nitrogen and oxygen atoms in total. The molecule has 1 aliphatic rings. The first-order valence-corrected chi connectivity index (χ1v) is 7.83. The van der Waals surface area contributed by atoms with E-state index in [-0.39, 0.29) is 5.91 Å². The van der Waals surface area contributed by atoms with Gasteiger partial charge in [0.2, 0.25) is 5.91 Å². The first kappa shape index (κ1) is 16.4. The Morgan fingerprint density at radius 3 is 2.95 bits per heavy atom. The van der Waals surface area contributed by atoms with Crippen molar-refractivity contribution in [2.45, 2.75) is 52.0 Å². The SMILES string of the molecule is CCCNC(C)C1CCCN(CCCC(=O)NC)C1. The Hall–Kier alpha value is -0.610. The topological polar surface area (TPSA) is 44.4 Å². The molecule has 0 aromatic carbocycles. The number of rotatable bonds is 8. The molecule has 2 unspecified atom stereocenters. The lowest BCUT2D eigenvalue weighted by molar-refractivity contribution is -0.120. The normalized spacial score (nSPS) is 22.2. The highest BCUT2D eigenvalue weighted by Crippen LogP contribution is 2.20. The first-order valence-electron chi connectivity index (χ1n) is 7.83. The molecular formula is C15H31N3O. The standard InChI is InChI=1S/C15H31N3O/c1-4-9-17-13(2)14-7-5-10-18(12-14)11-6-8-15(19)16-3/h13-14,17H,4-12H2,1-3H3,(H,16,19). The van der Waals surface area contributed by atoms with Crippen LogP contribution in [0.5, 0.6) is 0 Å². The fourth-order valence-corrected chi connectivity index (χ4v) is 2.83. The van der Waals surface area contributed by atoms with Crippen LogP contribution in [-0.2, 0) is 4.79 Å². The highest BCUT2D eigenvalue weighted by molar-refractivity contribution is 5.75. The van der Waals surface area contributed by atoms with Crippen LogP contribution < -0.4 is 10.6 Å². The molecule has 0 saturated carbocycles. The Morgan fingerprint density at radius 1 is 1.47 bits per heavy atom. The number of likely N-dealkylation sites (tertiary alicyclic amines) is 1. The first-order chi connectivity index (χ1) is 9.17. The van der Waals surface area contributed by atoms with Crippen LogP contribution in [0.15, 0.2) is 0 Å². The summed E-state index contributed by atoms with van der Waals surface area (Å²) in [6, 6.07) is 0.613. The number of amides is 1. The molecule has 1 heterocycles. The van der Waals surface area contributed by atoms with Gasteiger partial charge in [-0.25, -0.2) is 0 Å². The van der Waals surface area contributed by atoms with Crippen molar-refractivity contribution in [2.75, 3.05) is 33.2 Å². The molecule has 2 N–H and O–H groups in total. The number of carbonyl (C=O) groups excluding carboxylic acids is 1. The average Bonchev–Trinajstić information content (AvgIpc) is 2.44. The maximum absolute atomic E-state index is 11.2. The van der Waals surface area contributed by atoms with Gasteiger partial charge >= 0.3 is 0 Å². The maximum atomic E-state index is 11.2. The molecule has 0 spiro atoms. The van der Waals surface area contributed by atoms with Crippen LogP contribution in [0.4, 0.5) is 0 Å². The fourth-order valence-electron chi connectivity index (χ4n) is 2.83. The summed E-state index contributed by atoms with van der Waals surface area (Å²) in [5, 5.41) is 6.30. The third kappa shape index (κ3) is 6.39. The monoisotopic (exact) mass is 269 g/mol. The minimum Gasteiger partial charge on any atom is -0.359 e. The van der Waals surface area contributed by atoms with Gasteiger partial charge in [-0.15, -0.1) is 0 Å². The van der Waals surface area contributed by atoms with Gasteiger partial charge in [0.1, 0.15) is 0 Å². The van der Waals surface area contributed by atoms with Crippen LogP contribution in [-0.4, -0.2) is 50.1 Å². The fraction of sp³-hybridized carbons (Fsp3) is 0.933. The third-order valence-electron chi connectivity index (χ3n) is 4.12. The van der Waals surface area contributed by atoms with E-state index in [1.807, 2.05) is 0 Å². The second-order valence-electron chi connectivity index (χ2n) is 5.72. The van der Waals surface area contributed by atoms with E-state index in [0.29, 0.717) is 12.5 Å². The smallest absolute Gasteiger partial charge is 0.219 e. The summed E-state index contributed by atoms with van der Waals surface area (Å²) < 4.78 is 0. The minimum absolute atomic E-state index is 0.159. The van der Waals surface area contributed by atoms with Crippen LogP contribution in [0.3, 0.4) is 0 Å². The van der Waals surface area contributed by atoms with Crippen molar-refractivity contribution in [3.8, 4) is 0 Å². The zero-order valence-electron chi connectivity index (χ0n) is 12.9.